The number of aliphatic hydroxyl groups is 1. The van der Waals surface area contributed by atoms with Gasteiger partial charge < -0.3 is 5.11 Å². The fourth-order valence-corrected chi connectivity index (χ4v) is 0.709. The maximum absolute atomic E-state index is 9.14. The first kappa shape index (κ1) is 9.48. The van der Waals surface area contributed by atoms with Gasteiger partial charge in [-0.1, -0.05) is 12.8 Å². The Kier molecular flexibility index (Phi) is 5.00. The average Bonchev–Trinajstić information content (AvgIpc) is 1.88. The first-order valence-corrected chi connectivity index (χ1v) is 3.50. The molecule has 1 atom stereocenters. The molecular weight excluding hydrogens is 126 g/mol. The van der Waals surface area contributed by atoms with E-state index >= 15 is 0 Å². The quantitative estimate of drug-likeness (QED) is 0.570. The Morgan fingerprint density at radius 3 is 2.70 bits per heavy atom. The molecule has 0 saturated carbocycles. The predicted molar refractivity (Wildman–Crippen MR) is 42.6 cm³/mol. The number of hydrogen-bond acceptors (Lipinski definition) is 2. The Hall–Kier alpha value is -0.520. The summed E-state index contributed by atoms with van der Waals surface area (Å²) in [5.74, 6) is 2.51. The summed E-state index contributed by atoms with van der Waals surface area (Å²) in [5.41, 5.74) is 0. The Morgan fingerprint density at radius 2 is 2.30 bits per heavy atom. The first-order chi connectivity index (χ1) is 4.70. The second-order valence-corrected chi connectivity index (χ2v) is 2.46. The Balaban J connectivity index is 3.38. The highest BCUT2D eigenvalue weighted by atomic mass is 16.3. The van der Waals surface area contributed by atoms with E-state index in [0.29, 0.717) is 13.1 Å². The molecule has 0 radical (unpaired) electrons. The average molecular weight is 141 g/mol. The van der Waals surface area contributed by atoms with Gasteiger partial charge in [0.15, 0.2) is 0 Å². The molecule has 0 aliphatic rings. The van der Waals surface area contributed by atoms with Crippen molar-refractivity contribution in [2.24, 2.45) is 0 Å². The van der Waals surface area contributed by atoms with E-state index in [4.69, 9.17) is 11.5 Å². The summed E-state index contributed by atoms with van der Waals surface area (Å²) in [6.07, 6.45) is 5.62. The van der Waals surface area contributed by atoms with Crippen molar-refractivity contribution in [1.29, 1.82) is 0 Å². The van der Waals surface area contributed by atoms with E-state index in [0.717, 1.165) is 6.42 Å². The van der Waals surface area contributed by atoms with Gasteiger partial charge in [0.1, 0.15) is 0 Å². The lowest BCUT2D eigenvalue weighted by molar-refractivity contribution is 0.128. The van der Waals surface area contributed by atoms with Gasteiger partial charge in [0, 0.05) is 6.54 Å². The van der Waals surface area contributed by atoms with Gasteiger partial charge in [-0.2, -0.15) is 0 Å². The molecule has 0 rings (SSSR count). The summed E-state index contributed by atoms with van der Waals surface area (Å²) >= 11 is 0. The fraction of sp³-hybridized carbons (Fsp3) is 0.750. The van der Waals surface area contributed by atoms with Crippen LogP contribution in [0.4, 0.5) is 0 Å². The van der Waals surface area contributed by atoms with Crippen LogP contribution in [0.15, 0.2) is 0 Å². The van der Waals surface area contributed by atoms with Crippen LogP contribution in [0.3, 0.4) is 0 Å². The Morgan fingerprint density at radius 1 is 1.70 bits per heavy atom. The number of hydrogen-bond donors (Lipinski definition) is 1. The van der Waals surface area contributed by atoms with Crippen molar-refractivity contribution in [1.82, 2.24) is 4.90 Å². The topological polar surface area (TPSA) is 23.5 Å². The minimum atomic E-state index is -0.238. The van der Waals surface area contributed by atoms with E-state index in [1.165, 1.54) is 0 Å². The lowest BCUT2D eigenvalue weighted by atomic mass is 10.2. The monoisotopic (exact) mass is 141 g/mol. The largest absolute Gasteiger partial charge is 0.392 e. The maximum atomic E-state index is 9.14. The van der Waals surface area contributed by atoms with Gasteiger partial charge in [0.05, 0.1) is 12.6 Å². The highest BCUT2D eigenvalue weighted by molar-refractivity contribution is 4.87. The number of aliphatic hydroxyl groups excluding tert-OH is 1. The van der Waals surface area contributed by atoms with Crippen molar-refractivity contribution in [3.05, 3.63) is 0 Å². The molecule has 0 bridgehead atoms. The zero-order valence-corrected chi connectivity index (χ0v) is 6.67. The van der Waals surface area contributed by atoms with Crippen LogP contribution < -0.4 is 0 Å². The van der Waals surface area contributed by atoms with Gasteiger partial charge >= 0.3 is 0 Å². The smallest absolute Gasteiger partial charge is 0.0664 e. The molecule has 0 aromatic rings. The van der Waals surface area contributed by atoms with E-state index < -0.39 is 0 Å². The van der Waals surface area contributed by atoms with Gasteiger partial charge in [-0.05, 0) is 13.5 Å². The molecule has 0 amide bonds. The second-order valence-electron chi connectivity index (χ2n) is 2.46. The fourth-order valence-electron chi connectivity index (χ4n) is 0.709. The SMILES string of the molecule is C#CCN(C)C[C@H](O)CC. The zero-order valence-electron chi connectivity index (χ0n) is 6.67. The number of terminal acetylenes is 1. The first-order valence-electron chi connectivity index (χ1n) is 3.50. The van der Waals surface area contributed by atoms with Crippen LogP contribution in [-0.4, -0.2) is 36.2 Å². The van der Waals surface area contributed by atoms with Crippen molar-refractivity contribution in [2.45, 2.75) is 19.4 Å². The van der Waals surface area contributed by atoms with Crippen LogP contribution >= 0.6 is 0 Å². The van der Waals surface area contributed by atoms with E-state index in [1.54, 1.807) is 0 Å². The van der Waals surface area contributed by atoms with Crippen molar-refractivity contribution in [3.8, 4) is 12.3 Å². The third-order valence-corrected chi connectivity index (χ3v) is 1.35. The summed E-state index contributed by atoms with van der Waals surface area (Å²) in [4.78, 5) is 1.92. The molecule has 2 heteroatoms. The van der Waals surface area contributed by atoms with Crippen LogP contribution in [0.2, 0.25) is 0 Å². The summed E-state index contributed by atoms with van der Waals surface area (Å²) in [6.45, 7) is 3.23. The highest BCUT2D eigenvalue weighted by Crippen LogP contribution is 1.92. The van der Waals surface area contributed by atoms with Crippen molar-refractivity contribution in [2.75, 3.05) is 20.1 Å². The van der Waals surface area contributed by atoms with Gasteiger partial charge in [-0.15, -0.1) is 6.42 Å². The van der Waals surface area contributed by atoms with Crippen LogP contribution in [0.25, 0.3) is 0 Å². The van der Waals surface area contributed by atoms with Crippen LogP contribution in [0, 0.1) is 12.3 Å². The van der Waals surface area contributed by atoms with E-state index in [1.807, 2.05) is 18.9 Å². The zero-order chi connectivity index (χ0) is 7.98. The van der Waals surface area contributed by atoms with Crippen LogP contribution in [0.5, 0.6) is 0 Å². The maximum Gasteiger partial charge on any atom is 0.0664 e. The van der Waals surface area contributed by atoms with Crippen molar-refractivity contribution < 1.29 is 5.11 Å². The molecule has 2 nitrogen and oxygen atoms in total. The molecular formula is C8H15NO. The lowest BCUT2D eigenvalue weighted by Gasteiger charge is -2.16. The third-order valence-electron chi connectivity index (χ3n) is 1.35. The van der Waals surface area contributed by atoms with E-state index in [2.05, 4.69) is 5.92 Å². The summed E-state index contributed by atoms with van der Waals surface area (Å²) in [6, 6.07) is 0. The Labute approximate surface area is 62.8 Å². The minimum absolute atomic E-state index is 0.238. The van der Waals surface area contributed by atoms with Gasteiger partial charge in [-0.3, -0.25) is 4.90 Å². The number of rotatable bonds is 4. The standard InChI is InChI=1S/C8H15NO/c1-4-6-9(3)7-8(10)5-2/h1,8,10H,5-7H2,2-3H3/t8-/m1/s1. The molecule has 10 heavy (non-hydrogen) atoms. The van der Waals surface area contributed by atoms with Crippen LogP contribution in [-0.2, 0) is 0 Å². The van der Waals surface area contributed by atoms with Crippen molar-refractivity contribution in [3.63, 3.8) is 0 Å². The minimum Gasteiger partial charge on any atom is -0.392 e. The molecule has 1 N–H and O–H groups in total. The summed E-state index contributed by atoms with van der Waals surface area (Å²) < 4.78 is 0. The van der Waals surface area contributed by atoms with E-state index in [-0.39, 0.29) is 6.10 Å². The predicted octanol–water partition coefficient (Wildman–Crippen LogP) is 0.322. The molecule has 0 spiro atoms. The summed E-state index contributed by atoms with van der Waals surface area (Å²) in [5, 5.41) is 9.14. The molecule has 0 aliphatic carbocycles. The van der Waals surface area contributed by atoms with Crippen LogP contribution in [0.1, 0.15) is 13.3 Å². The lowest BCUT2D eigenvalue weighted by Crippen LogP contribution is -2.28. The molecule has 0 aromatic heterocycles. The van der Waals surface area contributed by atoms with Gasteiger partial charge in [0.2, 0.25) is 0 Å². The molecule has 0 heterocycles. The Bertz CT molecular complexity index is 117. The molecule has 0 aliphatic heterocycles. The normalized spacial score (nSPS) is 13.1. The van der Waals surface area contributed by atoms with Gasteiger partial charge in [0.25, 0.3) is 0 Å². The molecule has 0 aromatic carbocycles. The molecule has 0 fully saturated rings. The number of nitrogens with zero attached hydrogens (tertiary/aromatic N) is 1. The summed E-state index contributed by atoms with van der Waals surface area (Å²) in [7, 11) is 1.90. The van der Waals surface area contributed by atoms with Crippen molar-refractivity contribution >= 4 is 0 Å². The second kappa shape index (κ2) is 5.28. The molecule has 0 unspecified atom stereocenters. The van der Waals surface area contributed by atoms with Gasteiger partial charge in [-0.25, -0.2) is 0 Å². The molecule has 58 valence electrons. The number of likely N-dealkylation sites (N-methyl/N-ethyl adjacent to an activating group) is 1. The van der Waals surface area contributed by atoms with E-state index in [9.17, 15) is 0 Å². The highest BCUT2D eigenvalue weighted by Gasteiger charge is 2.02. The third kappa shape index (κ3) is 4.37. The molecule has 0 saturated heterocycles.